The van der Waals surface area contributed by atoms with Crippen LogP contribution in [0.1, 0.15) is 29.2 Å². The SMILES string of the molecule is O=C(/C=C/c1ccc2c(c1)OCO2)OCC(=O)N1N=C(c2ccc3ccccc3c2)CC1c1ccccc1. The zero-order chi connectivity index (χ0) is 25.9. The van der Waals surface area contributed by atoms with Gasteiger partial charge in [0.05, 0.1) is 11.8 Å². The molecule has 0 saturated carbocycles. The fraction of sp³-hybridized carbons (Fsp3) is 0.129. The molecule has 0 aromatic heterocycles. The van der Waals surface area contributed by atoms with Crippen molar-refractivity contribution in [1.82, 2.24) is 5.01 Å². The summed E-state index contributed by atoms with van der Waals surface area (Å²) >= 11 is 0. The maximum absolute atomic E-state index is 13.2. The van der Waals surface area contributed by atoms with Crippen molar-refractivity contribution >= 4 is 34.4 Å². The van der Waals surface area contributed by atoms with Gasteiger partial charge in [-0.05, 0) is 51.7 Å². The van der Waals surface area contributed by atoms with Crippen molar-refractivity contribution in [2.24, 2.45) is 5.10 Å². The predicted octanol–water partition coefficient (Wildman–Crippen LogP) is 5.50. The van der Waals surface area contributed by atoms with Gasteiger partial charge in [0.15, 0.2) is 18.1 Å². The number of rotatable bonds is 6. The molecule has 1 unspecified atom stereocenters. The van der Waals surface area contributed by atoms with E-state index in [1.54, 1.807) is 24.3 Å². The molecule has 0 saturated heterocycles. The number of ether oxygens (including phenoxy) is 3. The highest BCUT2D eigenvalue weighted by atomic mass is 16.7. The molecule has 7 nitrogen and oxygen atoms in total. The van der Waals surface area contributed by atoms with Crippen molar-refractivity contribution in [3.8, 4) is 11.5 Å². The lowest BCUT2D eigenvalue weighted by atomic mass is 9.97. The average molecular weight is 505 g/mol. The van der Waals surface area contributed by atoms with Gasteiger partial charge in [-0.1, -0.05) is 72.8 Å². The molecule has 0 radical (unpaired) electrons. The Hall–Kier alpha value is -4.91. The van der Waals surface area contributed by atoms with Crippen molar-refractivity contribution in [2.45, 2.75) is 12.5 Å². The van der Waals surface area contributed by atoms with Crippen LogP contribution in [0, 0.1) is 0 Å². The summed E-state index contributed by atoms with van der Waals surface area (Å²) in [6.45, 7) is -0.236. The minimum Gasteiger partial charge on any atom is -0.454 e. The maximum Gasteiger partial charge on any atom is 0.331 e. The minimum absolute atomic E-state index is 0.179. The summed E-state index contributed by atoms with van der Waals surface area (Å²) in [6.07, 6.45) is 3.45. The number of hydrogen-bond acceptors (Lipinski definition) is 6. The van der Waals surface area contributed by atoms with Crippen LogP contribution in [0.15, 0.2) is 102 Å². The van der Waals surface area contributed by atoms with Crippen molar-refractivity contribution in [1.29, 1.82) is 0 Å². The quantitative estimate of drug-likeness (QED) is 0.256. The van der Waals surface area contributed by atoms with E-state index in [1.807, 2.05) is 48.5 Å². The molecular weight excluding hydrogens is 480 g/mol. The van der Waals surface area contributed by atoms with Crippen LogP contribution in [0.25, 0.3) is 16.8 Å². The summed E-state index contributed by atoms with van der Waals surface area (Å²) in [7, 11) is 0. The van der Waals surface area contributed by atoms with E-state index in [2.05, 4.69) is 24.3 Å². The van der Waals surface area contributed by atoms with E-state index in [0.29, 0.717) is 17.9 Å². The highest BCUT2D eigenvalue weighted by Gasteiger charge is 2.33. The summed E-state index contributed by atoms with van der Waals surface area (Å²) < 4.78 is 15.9. The van der Waals surface area contributed by atoms with Crippen molar-refractivity contribution in [3.05, 3.63) is 114 Å². The molecule has 2 aliphatic heterocycles. The number of hydrogen-bond donors (Lipinski definition) is 0. The molecule has 6 rings (SSSR count). The molecule has 0 aliphatic carbocycles. The van der Waals surface area contributed by atoms with Gasteiger partial charge in [-0.3, -0.25) is 4.79 Å². The lowest BCUT2D eigenvalue weighted by molar-refractivity contribution is -0.149. The molecule has 0 fully saturated rings. The second-order valence-electron chi connectivity index (χ2n) is 9.03. The van der Waals surface area contributed by atoms with Gasteiger partial charge in [-0.15, -0.1) is 0 Å². The lowest BCUT2D eigenvalue weighted by Crippen LogP contribution is -2.31. The molecular formula is C31H24N2O5. The van der Waals surface area contributed by atoms with E-state index in [4.69, 9.17) is 19.3 Å². The van der Waals surface area contributed by atoms with Gasteiger partial charge < -0.3 is 14.2 Å². The van der Waals surface area contributed by atoms with Crippen molar-refractivity contribution in [3.63, 3.8) is 0 Å². The van der Waals surface area contributed by atoms with Gasteiger partial charge in [0.2, 0.25) is 6.79 Å². The number of benzene rings is 4. The molecule has 0 N–H and O–H groups in total. The first-order valence-corrected chi connectivity index (χ1v) is 12.3. The highest BCUT2D eigenvalue weighted by Crippen LogP contribution is 2.34. The largest absolute Gasteiger partial charge is 0.454 e. The first-order valence-electron chi connectivity index (χ1n) is 12.3. The third-order valence-corrected chi connectivity index (χ3v) is 6.58. The Bertz CT molecular complexity index is 1580. The Labute approximate surface area is 219 Å². The summed E-state index contributed by atoms with van der Waals surface area (Å²) in [5.41, 5.74) is 3.50. The fourth-order valence-corrected chi connectivity index (χ4v) is 4.65. The maximum atomic E-state index is 13.2. The fourth-order valence-electron chi connectivity index (χ4n) is 4.65. The number of nitrogens with zero attached hydrogens (tertiary/aromatic N) is 2. The first kappa shape index (κ1) is 23.5. The Morgan fingerprint density at radius 1 is 0.895 bits per heavy atom. The van der Waals surface area contributed by atoms with Gasteiger partial charge in [-0.2, -0.15) is 5.10 Å². The number of carbonyl (C=O) groups excluding carboxylic acids is 2. The van der Waals surface area contributed by atoms with Crippen LogP contribution >= 0.6 is 0 Å². The number of carbonyl (C=O) groups is 2. The van der Waals surface area contributed by atoms with Gasteiger partial charge >= 0.3 is 5.97 Å². The van der Waals surface area contributed by atoms with Crippen LogP contribution in [0.5, 0.6) is 11.5 Å². The summed E-state index contributed by atoms with van der Waals surface area (Å²) in [5, 5.41) is 8.38. The third kappa shape index (κ3) is 4.86. The number of amides is 1. The van der Waals surface area contributed by atoms with Crippen molar-refractivity contribution < 1.29 is 23.8 Å². The summed E-state index contributed by atoms with van der Waals surface area (Å²) in [5.74, 6) is 0.277. The minimum atomic E-state index is -0.620. The molecule has 4 aromatic rings. The molecule has 1 atom stereocenters. The summed E-state index contributed by atoms with van der Waals surface area (Å²) in [4.78, 5) is 25.6. The Morgan fingerprint density at radius 3 is 2.55 bits per heavy atom. The van der Waals surface area contributed by atoms with Crippen molar-refractivity contribution in [2.75, 3.05) is 13.4 Å². The topological polar surface area (TPSA) is 77.4 Å². The van der Waals surface area contributed by atoms with Crippen LogP contribution in [0.3, 0.4) is 0 Å². The standard InChI is InChI=1S/C31H24N2O5/c34-30(19-36-31(35)15-11-21-10-14-28-29(16-21)38-20-37-28)33-27(23-7-2-1-3-8-23)18-26(32-33)25-13-12-22-6-4-5-9-24(22)17-25/h1-17,27H,18-20H2/b15-11+. The second-order valence-corrected chi connectivity index (χ2v) is 9.03. The molecule has 0 spiro atoms. The lowest BCUT2D eigenvalue weighted by Gasteiger charge is -2.21. The zero-order valence-electron chi connectivity index (χ0n) is 20.4. The predicted molar refractivity (Wildman–Crippen MR) is 144 cm³/mol. The number of esters is 1. The Kier molecular flexibility index (Phi) is 6.32. The summed E-state index contributed by atoms with van der Waals surface area (Å²) in [6, 6.07) is 29.1. The van der Waals surface area contributed by atoms with Crippen LogP contribution < -0.4 is 9.47 Å². The monoisotopic (exact) mass is 504 g/mol. The van der Waals surface area contributed by atoms with E-state index in [-0.39, 0.29) is 18.7 Å². The second kappa shape index (κ2) is 10.2. The van der Waals surface area contributed by atoms with E-state index < -0.39 is 12.6 Å². The van der Waals surface area contributed by atoms with E-state index in [9.17, 15) is 9.59 Å². The van der Waals surface area contributed by atoms with E-state index in [0.717, 1.165) is 33.2 Å². The molecule has 4 aromatic carbocycles. The Balaban J connectivity index is 1.17. The average Bonchev–Trinajstić information content (AvgIpc) is 3.62. The van der Waals surface area contributed by atoms with Gasteiger partial charge in [0.1, 0.15) is 0 Å². The van der Waals surface area contributed by atoms with Gasteiger partial charge in [-0.25, -0.2) is 9.80 Å². The molecule has 2 heterocycles. The number of hydrazone groups is 1. The highest BCUT2D eigenvalue weighted by molar-refractivity contribution is 6.05. The third-order valence-electron chi connectivity index (χ3n) is 6.58. The number of fused-ring (bicyclic) bond motifs is 2. The van der Waals surface area contributed by atoms with Crippen LogP contribution in [-0.2, 0) is 14.3 Å². The first-order chi connectivity index (χ1) is 18.6. The molecule has 2 aliphatic rings. The van der Waals surface area contributed by atoms with E-state index >= 15 is 0 Å². The molecule has 188 valence electrons. The van der Waals surface area contributed by atoms with Gasteiger partial charge in [0, 0.05) is 12.5 Å². The molecule has 0 bridgehead atoms. The Morgan fingerprint density at radius 2 is 1.68 bits per heavy atom. The molecule has 7 heteroatoms. The van der Waals surface area contributed by atoms with Crippen LogP contribution in [0.2, 0.25) is 0 Å². The molecule has 38 heavy (non-hydrogen) atoms. The van der Waals surface area contributed by atoms with Crippen LogP contribution in [0.4, 0.5) is 0 Å². The van der Waals surface area contributed by atoms with Gasteiger partial charge in [0.25, 0.3) is 5.91 Å². The zero-order valence-corrected chi connectivity index (χ0v) is 20.4. The smallest absolute Gasteiger partial charge is 0.331 e. The van der Waals surface area contributed by atoms with E-state index in [1.165, 1.54) is 11.1 Å². The van der Waals surface area contributed by atoms with Crippen LogP contribution in [-0.4, -0.2) is 36.0 Å². The normalized spacial score (nSPS) is 16.2. The molecule has 1 amide bonds.